The summed E-state index contributed by atoms with van der Waals surface area (Å²) in [5, 5.41) is 9.53. The molecule has 17 heavy (non-hydrogen) atoms. The maximum Gasteiger partial charge on any atom is 0.0497 e. The van der Waals surface area contributed by atoms with Crippen LogP contribution in [0.5, 0.6) is 0 Å². The fraction of sp³-hybridized carbons (Fsp3) is 1.00. The number of hydrogen-bond donors (Lipinski definition) is 1. The lowest BCUT2D eigenvalue weighted by atomic mass is 9.86. The molecule has 0 radical (unpaired) electrons. The van der Waals surface area contributed by atoms with Crippen molar-refractivity contribution in [2.24, 2.45) is 11.3 Å². The van der Waals surface area contributed by atoms with Crippen LogP contribution < -0.4 is 0 Å². The van der Waals surface area contributed by atoms with Crippen LogP contribution in [0.2, 0.25) is 0 Å². The van der Waals surface area contributed by atoms with Gasteiger partial charge in [-0.3, -0.25) is 0 Å². The van der Waals surface area contributed by atoms with Crippen molar-refractivity contribution in [3.05, 3.63) is 0 Å². The Morgan fingerprint density at radius 1 is 1.47 bits per heavy atom. The van der Waals surface area contributed by atoms with E-state index in [4.69, 9.17) is 0 Å². The standard InChI is InChI=1S/C14H30N2O/c1-5-7-14(2,12-17)11-16(4)10-13-6-8-15(3)9-13/h13,17H,5-12H2,1-4H3. The molecule has 3 heteroatoms. The van der Waals surface area contributed by atoms with E-state index in [-0.39, 0.29) is 5.41 Å². The topological polar surface area (TPSA) is 26.7 Å². The summed E-state index contributed by atoms with van der Waals surface area (Å²) in [6.07, 6.45) is 3.58. The van der Waals surface area contributed by atoms with Crippen LogP contribution in [0, 0.1) is 11.3 Å². The first-order valence-electron chi connectivity index (χ1n) is 6.97. The summed E-state index contributed by atoms with van der Waals surface area (Å²) in [4.78, 5) is 4.82. The highest BCUT2D eigenvalue weighted by Gasteiger charge is 2.26. The van der Waals surface area contributed by atoms with E-state index in [2.05, 4.69) is 37.7 Å². The quantitative estimate of drug-likeness (QED) is 0.735. The molecule has 0 spiro atoms. The molecular weight excluding hydrogens is 212 g/mol. The van der Waals surface area contributed by atoms with Crippen molar-refractivity contribution >= 4 is 0 Å². The monoisotopic (exact) mass is 242 g/mol. The van der Waals surface area contributed by atoms with E-state index >= 15 is 0 Å². The number of nitrogens with zero attached hydrogens (tertiary/aromatic N) is 2. The number of rotatable bonds is 7. The van der Waals surface area contributed by atoms with E-state index in [1.54, 1.807) is 0 Å². The maximum atomic E-state index is 9.53. The molecule has 1 heterocycles. The molecule has 1 aliphatic heterocycles. The molecule has 1 rings (SSSR count). The van der Waals surface area contributed by atoms with Gasteiger partial charge in [-0.15, -0.1) is 0 Å². The minimum atomic E-state index is 0.0774. The van der Waals surface area contributed by atoms with E-state index in [1.165, 1.54) is 26.1 Å². The molecule has 1 aliphatic rings. The molecule has 3 nitrogen and oxygen atoms in total. The fourth-order valence-electron chi connectivity index (χ4n) is 3.14. The molecule has 1 N–H and O–H groups in total. The Bertz CT molecular complexity index is 222. The van der Waals surface area contributed by atoms with Gasteiger partial charge in [0, 0.05) is 31.7 Å². The van der Waals surface area contributed by atoms with Crippen molar-refractivity contribution in [2.75, 3.05) is 46.9 Å². The van der Waals surface area contributed by atoms with E-state index in [0.717, 1.165) is 25.3 Å². The first kappa shape index (κ1) is 14.9. The molecule has 0 bridgehead atoms. The molecule has 0 amide bonds. The Labute approximate surface area is 107 Å². The van der Waals surface area contributed by atoms with Crippen LogP contribution >= 0.6 is 0 Å². The second-order valence-corrected chi connectivity index (χ2v) is 6.33. The van der Waals surface area contributed by atoms with Crippen molar-refractivity contribution in [1.82, 2.24) is 9.80 Å². The first-order valence-corrected chi connectivity index (χ1v) is 6.97. The van der Waals surface area contributed by atoms with Crippen LogP contribution in [0.25, 0.3) is 0 Å². The van der Waals surface area contributed by atoms with E-state index in [0.29, 0.717) is 6.61 Å². The van der Waals surface area contributed by atoms with Crippen molar-refractivity contribution < 1.29 is 5.11 Å². The summed E-state index contributed by atoms with van der Waals surface area (Å²) in [5.41, 5.74) is 0.0774. The lowest BCUT2D eigenvalue weighted by Gasteiger charge is -2.33. The molecule has 0 aliphatic carbocycles. The summed E-state index contributed by atoms with van der Waals surface area (Å²) in [6, 6.07) is 0. The van der Waals surface area contributed by atoms with Crippen LogP contribution in [-0.2, 0) is 0 Å². The van der Waals surface area contributed by atoms with Crippen LogP contribution in [-0.4, -0.2) is 61.8 Å². The Kier molecular flexibility index (Phi) is 5.90. The maximum absolute atomic E-state index is 9.53. The first-order chi connectivity index (χ1) is 7.99. The third kappa shape index (κ3) is 4.94. The van der Waals surface area contributed by atoms with Crippen LogP contribution in [0.4, 0.5) is 0 Å². The van der Waals surface area contributed by atoms with Gasteiger partial charge in [-0.25, -0.2) is 0 Å². The van der Waals surface area contributed by atoms with Gasteiger partial charge in [-0.05, 0) is 39.4 Å². The summed E-state index contributed by atoms with van der Waals surface area (Å²) < 4.78 is 0. The van der Waals surface area contributed by atoms with E-state index in [1.807, 2.05) is 0 Å². The predicted octanol–water partition coefficient (Wildman–Crippen LogP) is 1.67. The highest BCUT2D eigenvalue weighted by molar-refractivity contribution is 4.80. The lowest BCUT2D eigenvalue weighted by molar-refractivity contribution is 0.0846. The minimum Gasteiger partial charge on any atom is -0.396 e. The average Bonchev–Trinajstić information content (AvgIpc) is 2.64. The summed E-state index contributed by atoms with van der Waals surface area (Å²) >= 11 is 0. The van der Waals surface area contributed by atoms with Crippen LogP contribution in [0.1, 0.15) is 33.1 Å². The predicted molar refractivity (Wildman–Crippen MR) is 73.2 cm³/mol. The Balaban J connectivity index is 2.34. The molecule has 0 aromatic rings. The normalized spacial score (nSPS) is 25.4. The van der Waals surface area contributed by atoms with Gasteiger partial charge in [0.15, 0.2) is 0 Å². The highest BCUT2D eigenvalue weighted by atomic mass is 16.3. The van der Waals surface area contributed by atoms with Gasteiger partial charge in [-0.1, -0.05) is 20.3 Å². The number of aliphatic hydroxyl groups is 1. The third-order valence-corrected chi connectivity index (χ3v) is 3.95. The molecule has 102 valence electrons. The van der Waals surface area contributed by atoms with Crippen molar-refractivity contribution in [2.45, 2.75) is 33.1 Å². The second kappa shape index (κ2) is 6.72. The Morgan fingerprint density at radius 2 is 2.18 bits per heavy atom. The molecule has 0 aromatic heterocycles. The van der Waals surface area contributed by atoms with E-state index in [9.17, 15) is 5.11 Å². The number of aliphatic hydroxyl groups excluding tert-OH is 1. The molecule has 1 fully saturated rings. The van der Waals surface area contributed by atoms with Crippen molar-refractivity contribution in [1.29, 1.82) is 0 Å². The average molecular weight is 242 g/mol. The van der Waals surface area contributed by atoms with Crippen LogP contribution in [0.3, 0.4) is 0 Å². The third-order valence-electron chi connectivity index (χ3n) is 3.95. The zero-order valence-corrected chi connectivity index (χ0v) is 12.1. The number of likely N-dealkylation sites (tertiary alicyclic amines) is 1. The molecular formula is C14H30N2O. The zero-order valence-electron chi connectivity index (χ0n) is 12.1. The smallest absolute Gasteiger partial charge is 0.0497 e. The Hall–Kier alpha value is -0.120. The second-order valence-electron chi connectivity index (χ2n) is 6.33. The van der Waals surface area contributed by atoms with Gasteiger partial charge in [0.05, 0.1) is 0 Å². The van der Waals surface area contributed by atoms with Gasteiger partial charge >= 0.3 is 0 Å². The lowest BCUT2D eigenvalue weighted by Crippen LogP contribution is -2.38. The molecule has 0 aromatic carbocycles. The van der Waals surface area contributed by atoms with Gasteiger partial charge in [0.25, 0.3) is 0 Å². The van der Waals surface area contributed by atoms with Crippen molar-refractivity contribution in [3.8, 4) is 0 Å². The van der Waals surface area contributed by atoms with Gasteiger partial charge < -0.3 is 14.9 Å². The highest BCUT2D eigenvalue weighted by Crippen LogP contribution is 2.24. The van der Waals surface area contributed by atoms with Gasteiger partial charge in [0.1, 0.15) is 0 Å². The minimum absolute atomic E-state index is 0.0774. The molecule has 0 saturated carbocycles. The zero-order chi connectivity index (χ0) is 12.9. The van der Waals surface area contributed by atoms with Crippen molar-refractivity contribution in [3.63, 3.8) is 0 Å². The largest absolute Gasteiger partial charge is 0.396 e. The summed E-state index contributed by atoms with van der Waals surface area (Å²) in [6.45, 7) is 9.35. The van der Waals surface area contributed by atoms with Gasteiger partial charge in [-0.2, -0.15) is 0 Å². The molecule has 1 saturated heterocycles. The van der Waals surface area contributed by atoms with Gasteiger partial charge in [0.2, 0.25) is 0 Å². The summed E-state index contributed by atoms with van der Waals surface area (Å²) in [5.74, 6) is 0.814. The van der Waals surface area contributed by atoms with E-state index < -0.39 is 0 Å². The molecule has 2 atom stereocenters. The van der Waals surface area contributed by atoms with Crippen LogP contribution in [0.15, 0.2) is 0 Å². The fourth-order valence-corrected chi connectivity index (χ4v) is 3.14. The molecule has 2 unspecified atom stereocenters. The number of hydrogen-bond acceptors (Lipinski definition) is 3. The SMILES string of the molecule is CCCC(C)(CO)CN(C)CC1CCN(C)C1. The Morgan fingerprint density at radius 3 is 2.65 bits per heavy atom. The summed E-state index contributed by atoms with van der Waals surface area (Å²) in [7, 11) is 4.40.